The summed E-state index contributed by atoms with van der Waals surface area (Å²) in [6.45, 7) is 6.47. The monoisotopic (exact) mass is 272 g/mol. The molecule has 1 N–H and O–H groups in total. The minimum atomic E-state index is -0.859. The van der Waals surface area contributed by atoms with Crippen molar-refractivity contribution >= 4 is 5.97 Å². The molecule has 0 spiro atoms. The van der Waals surface area contributed by atoms with Crippen LogP contribution < -0.4 is 0 Å². The first-order valence-electron chi connectivity index (χ1n) is 6.44. The van der Waals surface area contributed by atoms with Crippen molar-refractivity contribution < 1.29 is 28.8 Å². The predicted octanol–water partition coefficient (Wildman–Crippen LogP) is -0.105. The molecule has 5 atom stereocenters. The Balaban J connectivity index is 1.68. The summed E-state index contributed by atoms with van der Waals surface area (Å²) >= 11 is 0. The van der Waals surface area contributed by atoms with Crippen molar-refractivity contribution in [1.29, 1.82) is 0 Å². The van der Waals surface area contributed by atoms with Crippen LogP contribution in [0, 0.1) is 5.92 Å². The number of aliphatic hydroxyl groups excluding tert-OH is 1. The summed E-state index contributed by atoms with van der Waals surface area (Å²) in [6.07, 6.45) is 0.0525. The highest BCUT2D eigenvalue weighted by atomic mass is 16.6. The fourth-order valence-corrected chi connectivity index (χ4v) is 2.32. The molecule has 2 aliphatic rings. The molecule has 0 aromatic rings. The van der Waals surface area contributed by atoms with Crippen molar-refractivity contribution in [2.75, 3.05) is 26.4 Å². The van der Waals surface area contributed by atoms with E-state index in [4.69, 9.17) is 18.9 Å². The number of hydrogen-bond acceptors (Lipinski definition) is 6. The molecule has 0 radical (unpaired) electrons. The van der Waals surface area contributed by atoms with Gasteiger partial charge in [-0.15, -0.1) is 0 Å². The van der Waals surface area contributed by atoms with Gasteiger partial charge in [-0.1, -0.05) is 13.5 Å². The van der Waals surface area contributed by atoms with Crippen molar-refractivity contribution in [2.24, 2.45) is 5.92 Å². The smallest absolute Gasteiger partial charge is 0.330 e. The van der Waals surface area contributed by atoms with Gasteiger partial charge in [-0.05, 0) is 0 Å². The molecule has 0 aromatic heterocycles. The van der Waals surface area contributed by atoms with E-state index in [1.54, 1.807) is 0 Å². The lowest BCUT2D eigenvalue weighted by atomic mass is 10.0. The van der Waals surface area contributed by atoms with Crippen LogP contribution >= 0.6 is 0 Å². The molecular formula is C13H20O6. The number of carbonyl (C=O) groups is 1. The second-order valence-electron chi connectivity index (χ2n) is 4.93. The first-order chi connectivity index (χ1) is 9.11. The van der Waals surface area contributed by atoms with Crippen molar-refractivity contribution in [1.82, 2.24) is 0 Å². The zero-order valence-electron chi connectivity index (χ0n) is 11.0. The number of esters is 1. The van der Waals surface area contributed by atoms with Crippen LogP contribution in [0.1, 0.15) is 6.92 Å². The molecule has 0 saturated carbocycles. The van der Waals surface area contributed by atoms with Crippen molar-refractivity contribution in [3.63, 3.8) is 0 Å². The van der Waals surface area contributed by atoms with Crippen LogP contribution in [0.5, 0.6) is 0 Å². The van der Waals surface area contributed by atoms with Gasteiger partial charge in [-0.25, -0.2) is 4.79 Å². The van der Waals surface area contributed by atoms with Crippen LogP contribution in [0.15, 0.2) is 12.7 Å². The first kappa shape index (κ1) is 14.5. The third-order valence-corrected chi connectivity index (χ3v) is 3.34. The molecule has 2 heterocycles. The Labute approximate surface area is 112 Å². The molecule has 2 saturated heterocycles. The summed E-state index contributed by atoms with van der Waals surface area (Å²) in [5.41, 5.74) is 0. The maximum atomic E-state index is 10.8. The van der Waals surface area contributed by atoms with Gasteiger partial charge in [-0.2, -0.15) is 0 Å². The fourth-order valence-electron chi connectivity index (χ4n) is 2.32. The molecule has 2 aliphatic heterocycles. The second-order valence-corrected chi connectivity index (χ2v) is 4.93. The van der Waals surface area contributed by atoms with E-state index in [2.05, 4.69) is 13.5 Å². The van der Waals surface area contributed by atoms with E-state index in [1.165, 1.54) is 0 Å². The Hall–Kier alpha value is -0.950. The van der Waals surface area contributed by atoms with Gasteiger partial charge < -0.3 is 24.1 Å². The summed E-state index contributed by atoms with van der Waals surface area (Å²) in [4.78, 5) is 10.8. The average Bonchev–Trinajstić information content (AvgIpc) is 2.97. The van der Waals surface area contributed by atoms with E-state index < -0.39 is 12.1 Å². The maximum absolute atomic E-state index is 10.8. The number of fused-ring (bicyclic) bond motifs is 1. The third kappa shape index (κ3) is 3.54. The summed E-state index contributed by atoms with van der Waals surface area (Å²) in [7, 11) is 0. The Morgan fingerprint density at radius 2 is 2.16 bits per heavy atom. The van der Waals surface area contributed by atoms with E-state index in [1.807, 2.05) is 0 Å². The quantitative estimate of drug-likeness (QED) is 0.537. The molecule has 0 aromatic carbocycles. The highest BCUT2D eigenvalue weighted by molar-refractivity contribution is 5.81. The largest absolute Gasteiger partial charge is 0.460 e. The number of hydrogen-bond donors (Lipinski definition) is 1. The van der Waals surface area contributed by atoms with Gasteiger partial charge in [0.25, 0.3) is 0 Å². The van der Waals surface area contributed by atoms with Gasteiger partial charge in [0, 0.05) is 12.0 Å². The molecule has 2 fully saturated rings. The lowest BCUT2D eigenvalue weighted by molar-refractivity contribution is -0.143. The van der Waals surface area contributed by atoms with Gasteiger partial charge in [0.15, 0.2) is 0 Å². The number of aliphatic hydroxyl groups is 1. The summed E-state index contributed by atoms with van der Waals surface area (Å²) in [6, 6.07) is 0. The van der Waals surface area contributed by atoms with E-state index in [0.29, 0.717) is 19.1 Å². The predicted molar refractivity (Wildman–Crippen MR) is 65.5 cm³/mol. The minimum absolute atomic E-state index is 0.0575. The third-order valence-electron chi connectivity index (χ3n) is 3.34. The fraction of sp³-hybridized carbons (Fsp3) is 0.769. The lowest BCUT2D eigenvalue weighted by Crippen LogP contribution is -2.34. The van der Waals surface area contributed by atoms with Gasteiger partial charge in [0.1, 0.15) is 24.9 Å². The standard InChI is InChI=1S/C13H20O6/c1-3-11(15)17-6-9(14)5-16-10-7-19-12-8(2)4-18-13(10)12/h3,8-10,12-14H,1,4-7H2,2H3. The Morgan fingerprint density at radius 3 is 2.89 bits per heavy atom. The first-order valence-corrected chi connectivity index (χ1v) is 6.44. The van der Waals surface area contributed by atoms with E-state index in [-0.39, 0.29) is 31.5 Å². The molecule has 0 aliphatic carbocycles. The normalized spacial score (nSPS) is 34.8. The summed E-state index contributed by atoms with van der Waals surface area (Å²) in [5.74, 6) is -0.187. The maximum Gasteiger partial charge on any atom is 0.330 e. The molecule has 2 rings (SSSR count). The van der Waals surface area contributed by atoms with E-state index in [9.17, 15) is 9.90 Å². The van der Waals surface area contributed by atoms with Crippen LogP contribution in [-0.4, -0.2) is 61.9 Å². The zero-order valence-corrected chi connectivity index (χ0v) is 11.0. The van der Waals surface area contributed by atoms with Crippen LogP contribution in [0.3, 0.4) is 0 Å². The van der Waals surface area contributed by atoms with Gasteiger partial charge in [-0.3, -0.25) is 0 Å². The second kappa shape index (κ2) is 6.47. The SMILES string of the molecule is C=CC(=O)OCC(O)COC1COC2C(C)COC12. The molecule has 6 nitrogen and oxygen atoms in total. The van der Waals surface area contributed by atoms with E-state index in [0.717, 1.165) is 6.08 Å². The van der Waals surface area contributed by atoms with Gasteiger partial charge in [0.2, 0.25) is 0 Å². The van der Waals surface area contributed by atoms with Crippen molar-refractivity contribution in [3.05, 3.63) is 12.7 Å². The molecule has 0 bridgehead atoms. The lowest BCUT2D eigenvalue weighted by Gasteiger charge is -2.18. The Bertz CT molecular complexity index is 331. The molecule has 19 heavy (non-hydrogen) atoms. The van der Waals surface area contributed by atoms with Gasteiger partial charge in [0.05, 0.1) is 25.9 Å². The van der Waals surface area contributed by atoms with Crippen molar-refractivity contribution in [3.8, 4) is 0 Å². The van der Waals surface area contributed by atoms with E-state index >= 15 is 0 Å². The minimum Gasteiger partial charge on any atom is -0.460 e. The van der Waals surface area contributed by atoms with Crippen LogP contribution in [-0.2, 0) is 23.7 Å². The van der Waals surface area contributed by atoms with Crippen LogP contribution in [0.25, 0.3) is 0 Å². The Kier molecular flexibility index (Phi) is 4.93. The highest BCUT2D eigenvalue weighted by Crippen LogP contribution is 2.32. The molecule has 5 unspecified atom stereocenters. The average molecular weight is 272 g/mol. The Morgan fingerprint density at radius 1 is 1.42 bits per heavy atom. The highest BCUT2D eigenvalue weighted by Gasteiger charge is 2.46. The number of rotatable bonds is 6. The molecule has 0 amide bonds. The topological polar surface area (TPSA) is 74.2 Å². The molecular weight excluding hydrogens is 252 g/mol. The molecule has 6 heteroatoms. The van der Waals surface area contributed by atoms with Gasteiger partial charge >= 0.3 is 5.97 Å². The van der Waals surface area contributed by atoms with Crippen LogP contribution in [0.4, 0.5) is 0 Å². The number of carbonyl (C=O) groups excluding carboxylic acids is 1. The summed E-state index contributed by atoms with van der Waals surface area (Å²) < 4.78 is 21.5. The van der Waals surface area contributed by atoms with Crippen molar-refractivity contribution in [2.45, 2.75) is 31.3 Å². The zero-order chi connectivity index (χ0) is 13.8. The summed E-state index contributed by atoms with van der Waals surface area (Å²) in [5, 5.41) is 9.63. The molecule has 108 valence electrons. The number of ether oxygens (including phenoxy) is 4. The van der Waals surface area contributed by atoms with Crippen LogP contribution in [0.2, 0.25) is 0 Å².